The van der Waals surface area contributed by atoms with Gasteiger partial charge < -0.3 is 10.6 Å². The van der Waals surface area contributed by atoms with Crippen LogP contribution < -0.4 is 10.6 Å². The van der Waals surface area contributed by atoms with E-state index in [1.165, 1.54) is 0 Å². The molecule has 1 heterocycles. The predicted octanol–water partition coefficient (Wildman–Crippen LogP) is -0.456. The van der Waals surface area contributed by atoms with Crippen LogP contribution in [0.5, 0.6) is 0 Å². The molecule has 2 aliphatic rings. The van der Waals surface area contributed by atoms with E-state index < -0.39 is 11.8 Å². The van der Waals surface area contributed by atoms with Gasteiger partial charge in [0.2, 0.25) is 0 Å². The number of piperazine rings is 1. The Balaban J connectivity index is 2.07. The van der Waals surface area contributed by atoms with Gasteiger partial charge in [-0.05, 0) is 12.8 Å². The third-order valence-electron chi connectivity index (χ3n) is 2.61. The first-order chi connectivity index (χ1) is 5.77. The number of fused-ring (bicyclic) bond motifs is 1. The number of rotatable bonds is 0. The number of hydrogen-bond donors (Lipinski definition) is 2. The van der Waals surface area contributed by atoms with Crippen molar-refractivity contribution in [3.8, 4) is 0 Å². The smallest absolute Gasteiger partial charge is 0.309 e. The highest BCUT2D eigenvalue weighted by Crippen LogP contribution is 2.20. The molecule has 0 bridgehead atoms. The summed E-state index contributed by atoms with van der Waals surface area (Å²) in [5, 5.41) is 5.43. The lowest BCUT2D eigenvalue weighted by molar-refractivity contribution is -0.143. The molecule has 2 rings (SSSR count). The fraction of sp³-hybridized carbons (Fsp3) is 0.750. The van der Waals surface area contributed by atoms with Crippen LogP contribution in [0.15, 0.2) is 0 Å². The summed E-state index contributed by atoms with van der Waals surface area (Å²) < 4.78 is 0. The predicted molar refractivity (Wildman–Crippen MR) is 42.3 cm³/mol. The first kappa shape index (κ1) is 7.58. The van der Waals surface area contributed by atoms with Crippen LogP contribution in [0.4, 0.5) is 0 Å². The number of carbonyl (C=O) groups is 2. The van der Waals surface area contributed by atoms with Crippen molar-refractivity contribution in [3.63, 3.8) is 0 Å². The van der Waals surface area contributed by atoms with Crippen molar-refractivity contribution in [2.24, 2.45) is 0 Å². The van der Waals surface area contributed by atoms with Crippen molar-refractivity contribution < 1.29 is 9.59 Å². The zero-order valence-electron chi connectivity index (χ0n) is 6.80. The van der Waals surface area contributed by atoms with E-state index in [2.05, 4.69) is 10.6 Å². The second-order valence-corrected chi connectivity index (χ2v) is 3.44. The number of nitrogens with one attached hydrogen (secondary N) is 2. The Hall–Kier alpha value is -1.06. The second-order valence-electron chi connectivity index (χ2n) is 3.44. The Labute approximate surface area is 70.7 Å². The Morgan fingerprint density at radius 1 is 0.917 bits per heavy atom. The summed E-state index contributed by atoms with van der Waals surface area (Å²) in [6.07, 6.45) is 4.29. The fourth-order valence-corrected chi connectivity index (χ4v) is 1.94. The molecule has 4 heteroatoms. The van der Waals surface area contributed by atoms with Gasteiger partial charge in [-0.2, -0.15) is 0 Å². The largest absolute Gasteiger partial charge is 0.343 e. The van der Waals surface area contributed by atoms with E-state index in [-0.39, 0.29) is 12.1 Å². The molecule has 0 aromatic rings. The van der Waals surface area contributed by atoms with Crippen LogP contribution in [0.1, 0.15) is 25.7 Å². The molecular weight excluding hydrogens is 156 g/mol. The molecule has 66 valence electrons. The third-order valence-corrected chi connectivity index (χ3v) is 2.61. The molecule has 1 saturated heterocycles. The van der Waals surface area contributed by atoms with E-state index in [0.29, 0.717) is 0 Å². The summed E-state index contributed by atoms with van der Waals surface area (Å²) >= 11 is 0. The van der Waals surface area contributed by atoms with E-state index in [1.807, 2.05) is 0 Å². The second kappa shape index (κ2) is 2.77. The van der Waals surface area contributed by atoms with Gasteiger partial charge in [0.1, 0.15) is 0 Å². The van der Waals surface area contributed by atoms with Gasteiger partial charge >= 0.3 is 11.8 Å². The lowest BCUT2D eigenvalue weighted by Gasteiger charge is -2.35. The zero-order chi connectivity index (χ0) is 8.55. The first-order valence-corrected chi connectivity index (χ1v) is 4.39. The Bertz CT molecular complexity index is 203. The van der Waals surface area contributed by atoms with E-state index in [4.69, 9.17) is 0 Å². The quantitative estimate of drug-likeness (QED) is 0.481. The highest BCUT2D eigenvalue weighted by atomic mass is 16.2. The van der Waals surface area contributed by atoms with Crippen molar-refractivity contribution in [1.29, 1.82) is 0 Å². The molecule has 0 aromatic heterocycles. The van der Waals surface area contributed by atoms with Crippen LogP contribution >= 0.6 is 0 Å². The van der Waals surface area contributed by atoms with Crippen molar-refractivity contribution in [2.45, 2.75) is 37.8 Å². The number of hydrogen-bond acceptors (Lipinski definition) is 2. The summed E-state index contributed by atoms with van der Waals surface area (Å²) in [6, 6.07) is 0.368. The fourth-order valence-electron chi connectivity index (χ4n) is 1.94. The molecule has 2 amide bonds. The van der Waals surface area contributed by atoms with Crippen LogP contribution in [-0.2, 0) is 9.59 Å². The summed E-state index contributed by atoms with van der Waals surface area (Å²) in [5.41, 5.74) is 0. The summed E-state index contributed by atoms with van der Waals surface area (Å²) in [4.78, 5) is 21.9. The summed E-state index contributed by atoms with van der Waals surface area (Å²) in [5.74, 6) is -0.948. The van der Waals surface area contributed by atoms with Crippen molar-refractivity contribution >= 4 is 11.8 Å². The molecule has 2 N–H and O–H groups in total. The minimum atomic E-state index is -0.474. The highest BCUT2D eigenvalue weighted by molar-refractivity contribution is 6.35. The van der Waals surface area contributed by atoms with E-state index in [0.717, 1.165) is 25.7 Å². The summed E-state index contributed by atoms with van der Waals surface area (Å²) in [6.45, 7) is 0. The number of amides is 2. The maximum Gasteiger partial charge on any atom is 0.309 e. The Kier molecular flexibility index (Phi) is 1.75. The molecular formula is C8H12N2O2. The van der Waals surface area contributed by atoms with E-state index in [9.17, 15) is 9.59 Å². The van der Waals surface area contributed by atoms with Crippen LogP contribution in [-0.4, -0.2) is 23.9 Å². The lowest BCUT2D eigenvalue weighted by atomic mass is 9.89. The highest BCUT2D eigenvalue weighted by Gasteiger charge is 2.34. The van der Waals surface area contributed by atoms with E-state index in [1.54, 1.807) is 0 Å². The Morgan fingerprint density at radius 2 is 1.33 bits per heavy atom. The van der Waals surface area contributed by atoms with E-state index >= 15 is 0 Å². The molecule has 0 unspecified atom stereocenters. The van der Waals surface area contributed by atoms with Crippen molar-refractivity contribution in [3.05, 3.63) is 0 Å². The van der Waals surface area contributed by atoms with Gasteiger partial charge in [-0.3, -0.25) is 9.59 Å². The molecule has 1 saturated carbocycles. The average Bonchev–Trinajstić information content (AvgIpc) is 2.07. The van der Waals surface area contributed by atoms with Gasteiger partial charge in [-0.25, -0.2) is 0 Å². The van der Waals surface area contributed by atoms with Crippen molar-refractivity contribution in [2.75, 3.05) is 0 Å². The Morgan fingerprint density at radius 3 is 1.75 bits per heavy atom. The van der Waals surface area contributed by atoms with Crippen LogP contribution in [0, 0.1) is 0 Å². The minimum Gasteiger partial charge on any atom is -0.343 e. The minimum absolute atomic E-state index is 0.184. The summed E-state index contributed by atoms with van der Waals surface area (Å²) in [7, 11) is 0. The van der Waals surface area contributed by atoms with Crippen LogP contribution in [0.2, 0.25) is 0 Å². The molecule has 2 atom stereocenters. The maximum atomic E-state index is 10.9. The van der Waals surface area contributed by atoms with Gasteiger partial charge in [-0.1, -0.05) is 12.8 Å². The van der Waals surface area contributed by atoms with Gasteiger partial charge in [0, 0.05) is 12.1 Å². The first-order valence-electron chi connectivity index (χ1n) is 4.39. The lowest BCUT2D eigenvalue weighted by Crippen LogP contribution is -2.62. The molecule has 1 aliphatic heterocycles. The molecule has 0 aromatic carbocycles. The van der Waals surface area contributed by atoms with Gasteiger partial charge in [0.05, 0.1) is 0 Å². The van der Waals surface area contributed by atoms with Gasteiger partial charge in [0.15, 0.2) is 0 Å². The topological polar surface area (TPSA) is 58.2 Å². The van der Waals surface area contributed by atoms with Crippen LogP contribution in [0.25, 0.3) is 0 Å². The SMILES string of the molecule is O=C1N[C@@H]2CCCC[C@H]2NC1=O. The van der Waals surface area contributed by atoms with Gasteiger partial charge in [0.25, 0.3) is 0 Å². The zero-order valence-corrected chi connectivity index (χ0v) is 6.80. The molecule has 0 radical (unpaired) electrons. The monoisotopic (exact) mass is 168 g/mol. The molecule has 1 aliphatic carbocycles. The molecule has 2 fully saturated rings. The molecule has 4 nitrogen and oxygen atoms in total. The van der Waals surface area contributed by atoms with Gasteiger partial charge in [-0.15, -0.1) is 0 Å². The number of carbonyl (C=O) groups excluding carboxylic acids is 2. The average molecular weight is 168 g/mol. The molecule has 0 spiro atoms. The molecule has 12 heavy (non-hydrogen) atoms. The maximum absolute atomic E-state index is 10.9. The van der Waals surface area contributed by atoms with Crippen molar-refractivity contribution in [1.82, 2.24) is 10.6 Å². The standard InChI is InChI=1S/C8H12N2O2/c11-7-8(12)10-6-4-2-1-3-5(6)9-7/h5-6H,1-4H2,(H,9,11)(H,10,12)/t5-,6-/m1/s1. The third kappa shape index (κ3) is 1.17. The normalized spacial score (nSPS) is 35.0. The van der Waals surface area contributed by atoms with Crippen LogP contribution in [0.3, 0.4) is 0 Å².